The lowest BCUT2D eigenvalue weighted by atomic mass is 9.98. The largest absolute Gasteiger partial charge is 0.390 e. The molecule has 508 valence electrons. The molecule has 5 aliphatic rings. The summed E-state index contributed by atoms with van der Waals surface area (Å²) >= 11 is 8.58. The van der Waals surface area contributed by atoms with E-state index in [2.05, 4.69) is 77.9 Å². The van der Waals surface area contributed by atoms with Gasteiger partial charge in [-0.2, -0.15) is 15.0 Å². The monoisotopic (exact) mass is 1420 g/mol. The normalized spacial score (nSPS) is 20.8. The van der Waals surface area contributed by atoms with Crippen molar-refractivity contribution in [3.05, 3.63) is 223 Å². The Morgan fingerprint density at radius 2 is 0.909 bits per heavy atom. The number of hydrogen-bond acceptors (Lipinski definition) is 21. The average Bonchev–Trinajstić information content (AvgIpc) is 1.62. The van der Waals surface area contributed by atoms with Gasteiger partial charge in [-0.3, -0.25) is 19.3 Å². The van der Waals surface area contributed by atoms with Crippen molar-refractivity contribution in [1.29, 1.82) is 0 Å². The standard InChI is InChI=1S/C22H21N5O2S.C20H16N2O3S.C12H14N2OS.C12H13NO2S.C8H7NS.CH4/c1-14-6-7-19(27-23-8-9-24-27)16(10-14)22(28)26-18-13-29-12-15(18)11-21-25-17-4-2-3-5-20(17)30-21;23-19-13-5-1-2-6-14(13)20(24)22(19)16-11-25-10-12(16)9-18-21-15-7-3-4-8-17(15)26-18;13-9-7-15-6-8(9)5-12-14-10-3-1-2-4-11(10)16-12;14-10-7-15-6-8(10)5-12-13-9-3-1-2-4-11(9)16-12;1-6-9-7-4-2-3-5-8(7)10-6;/h2-10,15,18H,11-13H2,1H3,(H,26,28);1-8,12,16H,9-11H2;1-4,8-9H,5-7,13H2;1-4,8,10,14H,5-7H2;2-5H,1H3;1H4. The number of fused-ring (bicyclic) bond motifs is 6. The van der Waals surface area contributed by atoms with Crippen molar-refractivity contribution in [3.63, 3.8) is 0 Å². The van der Waals surface area contributed by atoms with E-state index in [1.807, 2.05) is 111 Å². The van der Waals surface area contributed by atoms with Gasteiger partial charge >= 0.3 is 0 Å². The van der Waals surface area contributed by atoms with Crippen molar-refractivity contribution < 1.29 is 38.4 Å². The second-order valence-electron chi connectivity index (χ2n) is 24.8. The predicted molar refractivity (Wildman–Crippen MR) is 394 cm³/mol. The highest BCUT2D eigenvalue weighted by atomic mass is 32.1. The minimum atomic E-state index is -0.327. The lowest BCUT2D eigenvalue weighted by Gasteiger charge is -2.25. The summed E-state index contributed by atoms with van der Waals surface area (Å²) in [5, 5.41) is 26.7. The summed E-state index contributed by atoms with van der Waals surface area (Å²) in [5.41, 5.74) is 14.4. The van der Waals surface area contributed by atoms with E-state index >= 15 is 0 Å². The number of carbonyl (C=O) groups excluding carboxylic acids is 3. The molecule has 0 radical (unpaired) electrons. The van der Waals surface area contributed by atoms with Crippen LogP contribution in [0.2, 0.25) is 0 Å². The number of aryl methyl sites for hydroxylation is 2. The summed E-state index contributed by atoms with van der Waals surface area (Å²) in [6.45, 7) is 8.62. The van der Waals surface area contributed by atoms with Crippen molar-refractivity contribution in [2.45, 2.75) is 71.2 Å². The summed E-state index contributed by atoms with van der Waals surface area (Å²) in [5.74, 6) is 0.325. The van der Waals surface area contributed by atoms with Crippen LogP contribution in [-0.4, -0.2) is 145 Å². The first-order valence-corrected chi connectivity index (χ1v) is 36.7. The molecule has 8 unspecified atom stereocenters. The number of carbonyl (C=O) groups is 3. The minimum absolute atomic E-state index is 0. The molecular formula is C75H75N11O8S5. The Morgan fingerprint density at radius 1 is 0.495 bits per heavy atom. The van der Waals surface area contributed by atoms with Crippen LogP contribution in [0.25, 0.3) is 56.8 Å². The van der Waals surface area contributed by atoms with Crippen LogP contribution in [0, 0.1) is 37.5 Å². The van der Waals surface area contributed by atoms with E-state index in [0.29, 0.717) is 81.0 Å². The molecule has 3 amide bonds. The molecule has 99 heavy (non-hydrogen) atoms. The molecule has 13 aromatic rings. The van der Waals surface area contributed by atoms with Crippen molar-refractivity contribution in [2.75, 3.05) is 52.9 Å². The molecule has 0 spiro atoms. The van der Waals surface area contributed by atoms with E-state index in [1.54, 1.807) is 93.3 Å². The van der Waals surface area contributed by atoms with Gasteiger partial charge in [0, 0.05) is 55.4 Å². The number of nitrogens with zero attached hydrogens (tertiary/aromatic N) is 9. The highest BCUT2D eigenvalue weighted by Crippen LogP contribution is 2.35. The van der Waals surface area contributed by atoms with Crippen LogP contribution in [-0.2, 0) is 44.6 Å². The molecule has 8 atom stereocenters. The van der Waals surface area contributed by atoms with Gasteiger partial charge in [0.15, 0.2) is 0 Å². The Hall–Kier alpha value is -8.50. The second-order valence-corrected chi connectivity index (χ2v) is 30.4. The molecular weight excluding hydrogens is 1340 g/mol. The summed E-state index contributed by atoms with van der Waals surface area (Å²) in [6, 6.07) is 53.3. The topological polar surface area (TPSA) is 245 Å². The Balaban J connectivity index is 0.000000116. The summed E-state index contributed by atoms with van der Waals surface area (Å²) in [6.07, 6.45) is 6.12. The van der Waals surface area contributed by atoms with Gasteiger partial charge < -0.3 is 35.1 Å². The van der Waals surface area contributed by atoms with Crippen LogP contribution in [0.4, 0.5) is 0 Å². The van der Waals surface area contributed by atoms with Crippen LogP contribution in [0.1, 0.15) is 69.1 Å². The Labute approximate surface area is 592 Å². The highest BCUT2D eigenvalue weighted by molar-refractivity contribution is 7.19. The third kappa shape index (κ3) is 16.2. The fraction of sp³-hybridized carbons (Fsp3) is 0.307. The van der Waals surface area contributed by atoms with Gasteiger partial charge in [0.25, 0.3) is 17.7 Å². The van der Waals surface area contributed by atoms with Gasteiger partial charge in [-0.15, -0.1) is 56.7 Å². The van der Waals surface area contributed by atoms with Crippen molar-refractivity contribution in [3.8, 4) is 5.69 Å². The van der Waals surface area contributed by atoms with Gasteiger partial charge in [0.1, 0.15) is 0 Å². The van der Waals surface area contributed by atoms with Gasteiger partial charge in [0.05, 0.1) is 182 Å². The fourth-order valence-electron chi connectivity index (χ4n) is 12.6. The number of aliphatic hydroxyl groups is 1. The molecule has 6 aromatic heterocycles. The van der Waals surface area contributed by atoms with E-state index in [-0.39, 0.29) is 67.1 Å². The number of imide groups is 1. The Bertz CT molecular complexity index is 4630. The SMILES string of the molecule is C.Cc1ccc(-n2nccn2)c(C(=O)NC2COCC2Cc2nc3ccccc3s2)c1.Cc1nc2ccccc2s1.NC1COCC1Cc1nc2ccccc2s1.O=C1c2ccccc2C(=O)N1C1COCC1Cc1nc2ccccc2s1.OC1COCC1Cc1nc2ccccc2s1. The third-order valence-electron chi connectivity index (χ3n) is 17.8. The van der Waals surface area contributed by atoms with E-state index < -0.39 is 0 Å². The first-order valence-electron chi connectivity index (χ1n) is 32.6. The molecule has 11 heterocycles. The van der Waals surface area contributed by atoms with E-state index in [1.165, 1.54) is 33.5 Å². The number of benzene rings is 7. The molecule has 7 aromatic carbocycles. The van der Waals surface area contributed by atoms with Crippen LogP contribution in [0.3, 0.4) is 0 Å². The van der Waals surface area contributed by atoms with Gasteiger partial charge in [-0.25, -0.2) is 24.9 Å². The van der Waals surface area contributed by atoms with E-state index in [9.17, 15) is 19.5 Å². The number of aliphatic hydroxyl groups excluding tert-OH is 1. The van der Waals surface area contributed by atoms with Gasteiger partial charge in [0.2, 0.25) is 0 Å². The number of amides is 3. The maximum absolute atomic E-state index is 13.2. The maximum atomic E-state index is 13.2. The van der Waals surface area contributed by atoms with Crippen LogP contribution in [0.15, 0.2) is 176 Å². The molecule has 24 heteroatoms. The minimum Gasteiger partial charge on any atom is -0.390 e. The number of rotatable bonds is 12. The Kier molecular flexibility index (Phi) is 22.2. The Morgan fingerprint density at radius 3 is 1.39 bits per heavy atom. The maximum Gasteiger partial charge on any atom is 0.261 e. The lowest BCUT2D eigenvalue weighted by Crippen LogP contribution is -2.44. The van der Waals surface area contributed by atoms with Crippen molar-refractivity contribution >= 4 is 125 Å². The number of thiazole rings is 5. The molecule has 0 bridgehead atoms. The van der Waals surface area contributed by atoms with Gasteiger partial charge in [-0.1, -0.05) is 91.9 Å². The number of hydrogen-bond donors (Lipinski definition) is 3. The van der Waals surface area contributed by atoms with Crippen LogP contribution < -0.4 is 11.1 Å². The van der Waals surface area contributed by atoms with E-state index in [4.69, 9.17) is 29.7 Å². The zero-order chi connectivity index (χ0) is 67.1. The van der Waals surface area contributed by atoms with Crippen molar-refractivity contribution in [1.82, 2.24) is 50.1 Å². The summed E-state index contributed by atoms with van der Waals surface area (Å²) in [7, 11) is 0. The number of aromatic nitrogens is 8. The third-order valence-corrected chi connectivity index (χ3v) is 23.0. The molecule has 0 aliphatic carbocycles. The van der Waals surface area contributed by atoms with Gasteiger partial charge in [-0.05, 0) is 98.8 Å². The van der Waals surface area contributed by atoms with Crippen molar-refractivity contribution in [2.24, 2.45) is 29.4 Å². The molecule has 0 saturated carbocycles. The number of nitrogens with one attached hydrogen (secondary N) is 1. The number of ether oxygens (including phenoxy) is 4. The molecule has 4 saturated heterocycles. The average molecular weight is 1420 g/mol. The zero-order valence-electron chi connectivity index (χ0n) is 53.8. The molecule has 4 fully saturated rings. The predicted octanol–water partition coefficient (Wildman–Crippen LogP) is 13.2. The first-order chi connectivity index (χ1) is 47.9. The summed E-state index contributed by atoms with van der Waals surface area (Å²) in [4.78, 5) is 64.5. The molecule has 4 N–H and O–H groups in total. The molecule has 5 aliphatic heterocycles. The fourth-order valence-corrected chi connectivity index (χ4v) is 17.7. The number of para-hydroxylation sites is 5. The first kappa shape index (κ1) is 69.0. The zero-order valence-corrected chi connectivity index (χ0v) is 57.9. The van der Waals surface area contributed by atoms with E-state index in [0.717, 1.165) is 83.7 Å². The lowest BCUT2D eigenvalue weighted by molar-refractivity contribution is 0.0542. The highest BCUT2D eigenvalue weighted by Gasteiger charge is 2.45. The van der Waals surface area contributed by atoms with Crippen LogP contribution >= 0.6 is 56.7 Å². The number of nitrogens with two attached hydrogens (primary N) is 1. The summed E-state index contributed by atoms with van der Waals surface area (Å²) < 4.78 is 28.1. The second kappa shape index (κ2) is 31.8. The molecule has 18 rings (SSSR count). The molecule has 19 nitrogen and oxygen atoms in total. The van der Waals surface area contributed by atoms with Crippen LogP contribution in [0.5, 0.6) is 0 Å². The smallest absolute Gasteiger partial charge is 0.261 e. The quantitative estimate of drug-likeness (QED) is 0.0963.